The van der Waals surface area contributed by atoms with Crippen LogP contribution in [0.1, 0.15) is 27.9 Å². The summed E-state index contributed by atoms with van der Waals surface area (Å²) in [6, 6.07) is 7.46. The Morgan fingerprint density at radius 3 is 2.96 bits per heavy atom. The van der Waals surface area contributed by atoms with Crippen molar-refractivity contribution in [3.63, 3.8) is 0 Å². The molecule has 4 rings (SSSR count). The Hall–Kier alpha value is -2.93. The number of ether oxygens (including phenoxy) is 1. The molecule has 1 saturated heterocycles. The van der Waals surface area contributed by atoms with Gasteiger partial charge in [0.2, 0.25) is 0 Å². The molecule has 1 atom stereocenters. The number of amides is 1. The number of morpholine rings is 1. The van der Waals surface area contributed by atoms with Gasteiger partial charge in [0.15, 0.2) is 0 Å². The van der Waals surface area contributed by atoms with Gasteiger partial charge in [-0.1, -0.05) is 0 Å². The Balaban J connectivity index is 1.57. The number of carbonyl (C=O) groups excluding carboxylic acids is 1. The van der Waals surface area contributed by atoms with E-state index in [9.17, 15) is 4.79 Å². The van der Waals surface area contributed by atoms with Crippen molar-refractivity contribution in [2.24, 2.45) is 0 Å². The Kier molecular flexibility index (Phi) is 4.30. The maximum absolute atomic E-state index is 13.0. The molecule has 0 radical (unpaired) electrons. The molecule has 0 saturated carbocycles. The Morgan fingerprint density at radius 1 is 1.27 bits per heavy atom. The smallest absolute Gasteiger partial charge is 0.254 e. The highest BCUT2D eigenvalue weighted by Crippen LogP contribution is 2.27. The average Bonchev–Trinajstić information content (AvgIpc) is 3.06. The van der Waals surface area contributed by atoms with Crippen molar-refractivity contribution < 1.29 is 13.9 Å². The Labute approximate surface area is 151 Å². The first-order chi connectivity index (χ1) is 12.7. The molecule has 1 aliphatic heterocycles. The van der Waals surface area contributed by atoms with Crippen LogP contribution in [0.2, 0.25) is 0 Å². The van der Waals surface area contributed by atoms with Gasteiger partial charge in [-0.15, -0.1) is 0 Å². The van der Waals surface area contributed by atoms with E-state index in [1.165, 1.54) is 0 Å². The summed E-state index contributed by atoms with van der Waals surface area (Å²) in [5.74, 6) is 1.48. The predicted molar refractivity (Wildman–Crippen MR) is 97.1 cm³/mol. The lowest BCUT2D eigenvalue weighted by Crippen LogP contribution is -2.42. The number of hydrogen-bond acceptors (Lipinski definition) is 6. The molecule has 0 spiro atoms. The second kappa shape index (κ2) is 6.76. The van der Waals surface area contributed by atoms with Gasteiger partial charge in [0.05, 0.1) is 13.2 Å². The standard InChI is InChI=1S/C19H20N4O3/c1-12-9-14-10-13(3-4-15(14)26-12)19(24)23-7-8-25-16(11-23)17-18(20-2)22-6-5-21-17/h3-6,9-10,16H,7-8,11H2,1-2H3,(H,20,22)/t16-/m0/s1. The van der Waals surface area contributed by atoms with Crippen molar-refractivity contribution in [2.75, 3.05) is 32.1 Å². The average molecular weight is 352 g/mol. The second-order valence-electron chi connectivity index (χ2n) is 6.26. The van der Waals surface area contributed by atoms with E-state index >= 15 is 0 Å². The SMILES string of the molecule is CNc1nccnc1[C@@H]1CN(C(=O)c2ccc3oc(C)cc3c2)CCO1. The van der Waals surface area contributed by atoms with Crippen LogP contribution in [-0.4, -0.2) is 47.5 Å². The van der Waals surface area contributed by atoms with Crippen molar-refractivity contribution in [2.45, 2.75) is 13.0 Å². The van der Waals surface area contributed by atoms with Gasteiger partial charge < -0.3 is 19.4 Å². The van der Waals surface area contributed by atoms with E-state index < -0.39 is 0 Å². The molecule has 0 aliphatic carbocycles. The fourth-order valence-electron chi connectivity index (χ4n) is 3.27. The predicted octanol–water partition coefficient (Wildman–Crippen LogP) is 2.79. The largest absolute Gasteiger partial charge is 0.461 e. The van der Waals surface area contributed by atoms with E-state index in [4.69, 9.17) is 9.15 Å². The van der Waals surface area contributed by atoms with E-state index in [0.717, 1.165) is 16.7 Å². The van der Waals surface area contributed by atoms with Gasteiger partial charge in [0.25, 0.3) is 5.91 Å². The summed E-state index contributed by atoms with van der Waals surface area (Å²) in [6.07, 6.45) is 2.96. The second-order valence-corrected chi connectivity index (χ2v) is 6.26. The summed E-state index contributed by atoms with van der Waals surface area (Å²) in [5, 5.41) is 3.96. The molecule has 26 heavy (non-hydrogen) atoms. The molecule has 2 aromatic heterocycles. The number of nitrogens with zero attached hydrogens (tertiary/aromatic N) is 3. The molecule has 1 fully saturated rings. The number of fused-ring (bicyclic) bond motifs is 1. The highest BCUT2D eigenvalue weighted by molar-refractivity contribution is 5.98. The molecule has 0 unspecified atom stereocenters. The molecule has 3 heterocycles. The number of benzene rings is 1. The maximum Gasteiger partial charge on any atom is 0.254 e. The highest BCUT2D eigenvalue weighted by Gasteiger charge is 2.29. The summed E-state index contributed by atoms with van der Waals surface area (Å²) < 4.78 is 11.4. The van der Waals surface area contributed by atoms with Gasteiger partial charge in [-0.2, -0.15) is 0 Å². The van der Waals surface area contributed by atoms with Crippen molar-refractivity contribution in [1.82, 2.24) is 14.9 Å². The summed E-state index contributed by atoms with van der Waals surface area (Å²) >= 11 is 0. The third kappa shape index (κ3) is 3.01. The highest BCUT2D eigenvalue weighted by atomic mass is 16.5. The van der Waals surface area contributed by atoms with E-state index in [-0.39, 0.29) is 12.0 Å². The van der Waals surface area contributed by atoms with E-state index in [0.29, 0.717) is 36.8 Å². The molecule has 1 aliphatic rings. The lowest BCUT2D eigenvalue weighted by atomic mass is 10.1. The van der Waals surface area contributed by atoms with Crippen LogP contribution in [0, 0.1) is 6.92 Å². The minimum Gasteiger partial charge on any atom is -0.461 e. The fourth-order valence-corrected chi connectivity index (χ4v) is 3.27. The van der Waals surface area contributed by atoms with Crippen LogP contribution in [0.4, 0.5) is 5.82 Å². The molecule has 134 valence electrons. The van der Waals surface area contributed by atoms with E-state index in [1.54, 1.807) is 30.4 Å². The maximum atomic E-state index is 13.0. The normalized spacial score (nSPS) is 17.5. The van der Waals surface area contributed by atoms with Crippen molar-refractivity contribution in [3.8, 4) is 0 Å². The number of anilines is 1. The van der Waals surface area contributed by atoms with Crippen LogP contribution in [-0.2, 0) is 4.74 Å². The first kappa shape index (κ1) is 16.5. The molecule has 0 bridgehead atoms. The molecule has 1 amide bonds. The van der Waals surface area contributed by atoms with Gasteiger partial charge in [-0.25, -0.2) is 4.98 Å². The van der Waals surface area contributed by atoms with E-state index in [2.05, 4.69) is 15.3 Å². The quantitative estimate of drug-likeness (QED) is 0.781. The molecule has 1 N–H and O–H groups in total. The zero-order valence-corrected chi connectivity index (χ0v) is 14.7. The van der Waals surface area contributed by atoms with Crippen LogP contribution < -0.4 is 5.32 Å². The summed E-state index contributed by atoms with van der Waals surface area (Å²) in [5.41, 5.74) is 2.15. The minimum absolute atomic E-state index is 0.0195. The lowest BCUT2D eigenvalue weighted by Gasteiger charge is -2.33. The molecule has 3 aromatic rings. The van der Waals surface area contributed by atoms with Crippen LogP contribution in [0.15, 0.2) is 41.1 Å². The third-order valence-corrected chi connectivity index (χ3v) is 4.51. The molecular formula is C19H20N4O3. The fraction of sp³-hybridized carbons (Fsp3) is 0.316. The summed E-state index contributed by atoms with van der Waals surface area (Å²) in [4.78, 5) is 23.4. The van der Waals surface area contributed by atoms with Gasteiger partial charge in [-0.05, 0) is 31.2 Å². The molecule has 7 heteroatoms. The molecule has 7 nitrogen and oxygen atoms in total. The zero-order valence-electron chi connectivity index (χ0n) is 14.7. The Bertz CT molecular complexity index is 953. The summed E-state index contributed by atoms with van der Waals surface area (Å²) in [7, 11) is 1.79. The van der Waals surface area contributed by atoms with E-state index in [1.807, 2.05) is 25.1 Å². The van der Waals surface area contributed by atoms with Crippen molar-refractivity contribution >= 4 is 22.7 Å². The third-order valence-electron chi connectivity index (χ3n) is 4.51. The number of aryl methyl sites for hydroxylation is 1. The summed E-state index contributed by atoms with van der Waals surface area (Å²) in [6.45, 7) is 3.35. The van der Waals surface area contributed by atoms with Gasteiger partial charge in [0, 0.05) is 36.9 Å². The molecular weight excluding hydrogens is 332 g/mol. The van der Waals surface area contributed by atoms with Crippen molar-refractivity contribution in [1.29, 1.82) is 0 Å². The number of carbonyl (C=O) groups is 1. The Morgan fingerprint density at radius 2 is 2.12 bits per heavy atom. The van der Waals surface area contributed by atoms with Crippen LogP contribution in [0.25, 0.3) is 11.0 Å². The number of aromatic nitrogens is 2. The van der Waals surface area contributed by atoms with Gasteiger partial charge >= 0.3 is 0 Å². The van der Waals surface area contributed by atoms with Gasteiger partial charge in [-0.3, -0.25) is 9.78 Å². The lowest BCUT2D eigenvalue weighted by molar-refractivity contribution is -0.0245. The van der Waals surface area contributed by atoms with Crippen LogP contribution >= 0.6 is 0 Å². The van der Waals surface area contributed by atoms with Crippen LogP contribution in [0.3, 0.4) is 0 Å². The number of furan rings is 1. The number of nitrogens with one attached hydrogen (secondary N) is 1. The van der Waals surface area contributed by atoms with Gasteiger partial charge in [0.1, 0.15) is 29.0 Å². The zero-order chi connectivity index (χ0) is 18.1. The molecule has 1 aromatic carbocycles. The first-order valence-corrected chi connectivity index (χ1v) is 8.55. The number of hydrogen-bond donors (Lipinski definition) is 1. The topological polar surface area (TPSA) is 80.5 Å². The monoisotopic (exact) mass is 352 g/mol. The first-order valence-electron chi connectivity index (χ1n) is 8.55. The van der Waals surface area contributed by atoms with Crippen LogP contribution in [0.5, 0.6) is 0 Å². The number of rotatable bonds is 3. The van der Waals surface area contributed by atoms with Crippen molar-refractivity contribution in [3.05, 3.63) is 53.7 Å². The minimum atomic E-state index is -0.302.